The molecule has 1 N–H and O–H groups in total. The average molecular weight is 328 g/mol. The Labute approximate surface area is 142 Å². The van der Waals surface area contributed by atoms with Crippen molar-refractivity contribution in [3.63, 3.8) is 0 Å². The third-order valence-electron chi connectivity index (χ3n) is 5.40. The number of benzene rings is 1. The number of pyridine rings is 1. The van der Waals surface area contributed by atoms with Gasteiger partial charge in [-0.1, -0.05) is 12.1 Å². The Morgan fingerprint density at radius 2 is 2.21 bits per heavy atom. The second kappa shape index (κ2) is 6.57. The molecule has 2 aromatic rings. The van der Waals surface area contributed by atoms with Crippen LogP contribution in [0.5, 0.6) is 5.75 Å². The molecule has 2 saturated heterocycles. The highest BCUT2D eigenvalue weighted by atomic mass is 16.5. The van der Waals surface area contributed by atoms with Crippen LogP contribution in [-0.4, -0.2) is 49.1 Å². The van der Waals surface area contributed by atoms with Crippen LogP contribution in [0.1, 0.15) is 19.3 Å². The van der Waals surface area contributed by atoms with E-state index in [1.165, 1.54) is 5.69 Å². The summed E-state index contributed by atoms with van der Waals surface area (Å²) in [7, 11) is 1.68. The molecule has 2 aliphatic heterocycles. The Balaban J connectivity index is 1.73. The summed E-state index contributed by atoms with van der Waals surface area (Å²) in [5, 5.41) is 11.6. The van der Waals surface area contributed by atoms with Crippen LogP contribution in [0.4, 0.5) is 5.69 Å². The van der Waals surface area contributed by atoms with Crippen LogP contribution in [0, 0.1) is 5.92 Å². The average Bonchev–Trinajstić information content (AvgIpc) is 3.10. The van der Waals surface area contributed by atoms with E-state index in [9.17, 15) is 5.11 Å². The van der Waals surface area contributed by atoms with E-state index in [2.05, 4.69) is 22.0 Å². The molecule has 0 bridgehead atoms. The smallest absolute Gasteiger partial charge is 0.145 e. The van der Waals surface area contributed by atoms with Gasteiger partial charge in [-0.2, -0.15) is 0 Å². The maximum Gasteiger partial charge on any atom is 0.145 e. The number of nitrogens with zero attached hydrogens (tertiary/aromatic N) is 2. The van der Waals surface area contributed by atoms with Gasteiger partial charge in [0, 0.05) is 42.4 Å². The molecule has 0 spiro atoms. The zero-order valence-electron chi connectivity index (χ0n) is 14.0. The Kier molecular flexibility index (Phi) is 4.29. The van der Waals surface area contributed by atoms with Crippen LogP contribution in [0.25, 0.3) is 10.9 Å². The molecule has 3 atom stereocenters. The highest BCUT2D eigenvalue weighted by Crippen LogP contribution is 2.38. The molecule has 4 rings (SSSR count). The number of para-hydroxylation sites is 1. The van der Waals surface area contributed by atoms with Crippen LogP contribution in [0.3, 0.4) is 0 Å². The monoisotopic (exact) mass is 328 g/mol. The zero-order valence-corrected chi connectivity index (χ0v) is 14.0. The van der Waals surface area contributed by atoms with E-state index in [1.807, 2.05) is 18.3 Å². The number of anilines is 1. The fourth-order valence-corrected chi connectivity index (χ4v) is 4.20. The van der Waals surface area contributed by atoms with Crippen molar-refractivity contribution in [2.45, 2.75) is 31.4 Å². The molecule has 24 heavy (non-hydrogen) atoms. The fraction of sp³-hybridized carbons (Fsp3) is 0.526. The van der Waals surface area contributed by atoms with Crippen molar-refractivity contribution in [1.82, 2.24) is 4.98 Å². The first-order chi connectivity index (χ1) is 11.8. The molecule has 5 nitrogen and oxygen atoms in total. The molecule has 3 heterocycles. The van der Waals surface area contributed by atoms with Crippen LogP contribution in [-0.2, 0) is 4.74 Å². The number of hydrogen-bond acceptors (Lipinski definition) is 5. The van der Waals surface area contributed by atoms with Crippen molar-refractivity contribution < 1.29 is 14.6 Å². The SMILES string of the molecule is COc1cccc2c(N3CCC[C@@H]3[C@H]3COCC[C@H]3O)ccnc12. The number of ether oxygens (including phenoxy) is 2. The molecule has 0 radical (unpaired) electrons. The van der Waals surface area contributed by atoms with Gasteiger partial charge in [-0.05, 0) is 31.4 Å². The standard InChI is InChI=1S/C19H24N2O3/c1-23-18-6-2-4-13-16(7-9-20-19(13)18)21-10-3-5-15(21)14-12-24-11-8-17(14)22/h2,4,6-7,9,14-15,17,22H,3,5,8,10-12H2,1H3/t14-,15-,17-/m1/s1. The minimum absolute atomic E-state index is 0.176. The van der Waals surface area contributed by atoms with Gasteiger partial charge in [-0.3, -0.25) is 4.98 Å². The summed E-state index contributed by atoms with van der Waals surface area (Å²) < 4.78 is 11.1. The second-order valence-electron chi connectivity index (χ2n) is 6.68. The van der Waals surface area contributed by atoms with E-state index < -0.39 is 0 Å². The summed E-state index contributed by atoms with van der Waals surface area (Å²) in [6.07, 6.45) is 4.55. The molecule has 0 saturated carbocycles. The molecule has 0 amide bonds. The zero-order chi connectivity index (χ0) is 16.5. The van der Waals surface area contributed by atoms with Gasteiger partial charge in [-0.15, -0.1) is 0 Å². The van der Waals surface area contributed by atoms with E-state index in [0.717, 1.165) is 42.5 Å². The Morgan fingerprint density at radius 1 is 1.29 bits per heavy atom. The van der Waals surface area contributed by atoms with Crippen LogP contribution in [0.15, 0.2) is 30.5 Å². The summed E-state index contributed by atoms with van der Waals surface area (Å²) in [5.41, 5.74) is 2.07. The molecular formula is C19H24N2O3. The minimum Gasteiger partial charge on any atom is -0.494 e. The Morgan fingerprint density at radius 3 is 3.04 bits per heavy atom. The fourth-order valence-electron chi connectivity index (χ4n) is 4.20. The van der Waals surface area contributed by atoms with Gasteiger partial charge in [0.1, 0.15) is 11.3 Å². The van der Waals surface area contributed by atoms with Gasteiger partial charge in [-0.25, -0.2) is 0 Å². The summed E-state index contributed by atoms with van der Waals surface area (Å²) in [5.74, 6) is 0.973. The largest absolute Gasteiger partial charge is 0.494 e. The van der Waals surface area contributed by atoms with Gasteiger partial charge >= 0.3 is 0 Å². The molecule has 2 fully saturated rings. The molecule has 128 valence electrons. The lowest BCUT2D eigenvalue weighted by Gasteiger charge is -2.38. The summed E-state index contributed by atoms with van der Waals surface area (Å²) >= 11 is 0. The topological polar surface area (TPSA) is 54.8 Å². The van der Waals surface area contributed by atoms with E-state index >= 15 is 0 Å². The van der Waals surface area contributed by atoms with Crippen LogP contribution >= 0.6 is 0 Å². The molecule has 1 aromatic heterocycles. The molecule has 0 unspecified atom stereocenters. The number of methoxy groups -OCH3 is 1. The van der Waals surface area contributed by atoms with Crippen molar-refractivity contribution >= 4 is 16.6 Å². The van der Waals surface area contributed by atoms with E-state index in [-0.39, 0.29) is 12.0 Å². The molecule has 5 heteroatoms. The minimum atomic E-state index is -0.271. The van der Waals surface area contributed by atoms with Crippen molar-refractivity contribution in [2.24, 2.45) is 5.92 Å². The lowest BCUT2D eigenvalue weighted by molar-refractivity contribution is -0.0437. The van der Waals surface area contributed by atoms with E-state index in [4.69, 9.17) is 9.47 Å². The normalized spacial score (nSPS) is 27.6. The van der Waals surface area contributed by atoms with Gasteiger partial charge in [0.05, 0.1) is 19.8 Å². The van der Waals surface area contributed by atoms with Crippen molar-refractivity contribution in [3.8, 4) is 5.75 Å². The Hall–Kier alpha value is -1.85. The number of aromatic nitrogens is 1. The number of aliphatic hydroxyl groups excluding tert-OH is 1. The predicted molar refractivity (Wildman–Crippen MR) is 93.6 cm³/mol. The molecule has 1 aromatic carbocycles. The molecule has 2 aliphatic rings. The first kappa shape index (κ1) is 15.7. The number of hydrogen-bond donors (Lipinski definition) is 1. The highest BCUT2D eigenvalue weighted by molar-refractivity contribution is 5.95. The molecular weight excluding hydrogens is 304 g/mol. The summed E-state index contributed by atoms with van der Waals surface area (Å²) in [6, 6.07) is 8.45. The van der Waals surface area contributed by atoms with Gasteiger partial charge < -0.3 is 19.5 Å². The number of fused-ring (bicyclic) bond motifs is 1. The first-order valence-corrected chi connectivity index (χ1v) is 8.74. The lowest BCUT2D eigenvalue weighted by atomic mass is 9.89. The number of aliphatic hydroxyl groups is 1. The van der Waals surface area contributed by atoms with Crippen LogP contribution in [0.2, 0.25) is 0 Å². The highest BCUT2D eigenvalue weighted by Gasteiger charge is 2.38. The van der Waals surface area contributed by atoms with E-state index in [1.54, 1.807) is 7.11 Å². The van der Waals surface area contributed by atoms with Crippen molar-refractivity contribution in [1.29, 1.82) is 0 Å². The first-order valence-electron chi connectivity index (χ1n) is 8.74. The van der Waals surface area contributed by atoms with Gasteiger partial charge in [0.2, 0.25) is 0 Å². The summed E-state index contributed by atoms with van der Waals surface area (Å²) in [4.78, 5) is 6.95. The Bertz CT molecular complexity index is 721. The molecule has 0 aliphatic carbocycles. The van der Waals surface area contributed by atoms with E-state index in [0.29, 0.717) is 19.3 Å². The van der Waals surface area contributed by atoms with Gasteiger partial charge in [0.25, 0.3) is 0 Å². The van der Waals surface area contributed by atoms with Gasteiger partial charge in [0.15, 0.2) is 0 Å². The third-order valence-corrected chi connectivity index (χ3v) is 5.40. The van der Waals surface area contributed by atoms with Crippen molar-refractivity contribution in [3.05, 3.63) is 30.5 Å². The van der Waals surface area contributed by atoms with Crippen molar-refractivity contribution in [2.75, 3.05) is 31.8 Å². The second-order valence-corrected chi connectivity index (χ2v) is 6.68. The predicted octanol–water partition coefficient (Wildman–Crippen LogP) is 2.61. The number of rotatable bonds is 3. The third kappa shape index (κ3) is 2.62. The lowest BCUT2D eigenvalue weighted by Crippen LogP contribution is -2.46. The summed E-state index contributed by atoms with van der Waals surface area (Å²) in [6.45, 7) is 2.32. The van der Waals surface area contributed by atoms with Crippen LogP contribution < -0.4 is 9.64 Å². The maximum atomic E-state index is 10.5. The quantitative estimate of drug-likeness (QED) is 0.939. The maximum absolute atomic E-state index is 10.5.